The number of aromatic nitrogens is 4. The lowest BCUT2D eigenvalue weighted by Crippen LogP contribution is -2.50. The fraction of sp³-hybridized carbons (Fsp3) is 0.250. The third-order valence-electron chi connectivity index (χ3n) is 6.80. The van der Waals surface area contributed by atoms with Crippen LogP contribution in [0.1, 0.15) is 39.4 Å². The van der Waals surface area contributed by atoms with Gasteiger partial charge in [0.2, 0.25) is 17.7 Å². The maximum Gasteiger partial charge on any atom is 0.416 e. The first kappa shape index (κ1) is 25.7. The highest BCUT2D eigenvalue weighted by molar-refractivity contribution is 5.93. The first-order chi connectivity index (χ1) is 19.3. The van der Waals surface area contributed by atoms with E-state index in [1.807, 2.05) is 30.3 Å². The largest absolute Gasteiger partial charge is 0.436 e. The SMILES string of the molecule is Cc1nnc([C@@H](c2ccccc2)N2CCN(C(=O)c3cc(-c4nc5cc(C(F)(F)F)ccc5o4)ccn3)CC2)o1. The fourth-order valence-corrected chi connectivity index (χ4v) is 4.82. The summed E-state index contributed by atoms with van der Waals surface area (Å²) in [4.78, 5) is 25.7. The summed E-state index contributed by atoms with van der Waals surface area (Å²) >= 11 is 0. The van der Waals surface area contributed by atoms with Gasteiger partial charge in [-0.1, -0.05) is 30.3 Å². The average Bonchev–Trinajstić information content (AvgIpc) is 3.59. The number of nitrogens with zero attached hydrogens (tertiary/aromatic N) is 6. The van der Waals surface area contributed by atoms with Crippen molar-refractivity contribution in [2.24, 2.45) is 0 Å². The van der Waals surface area contributed by atoms with E-state index in [-0.39, 0.29) is 34.6 Å². The summed E-state index contributed by atoms with van der Waals surface area (Å²) in [5.41, 5.74) is 1.13. The van der Waals surface area contributed by atoms with Crippen molar-refractivity contribution >= 4 is 17.0 Å². The molecule has 0 spiro atoms. The number of pyridine rings is 1. The molecule has 3 aromatic heterocycles. The van der Waals surface area contributed by atoms with Gasteiger partial charge >= 0.3 is 6.18 Å². The number of hydrogen-bond acceptors (Lipinski definition) is 8. The highest BCUT2D eigenvalue weighted by atomic mass is 19.4. The third kappa shape index (κ3) is 5.05. The van der Waals surface area contributed by atoms with Crippen molar-refractivity contribution in [1.29, 1.82) is 0 Å². The van der Waals surface area contributed by atoms with Gasteiger partial charge in [0.25, 0.3) is 5.91 Å². The minimum absolute atomic E-state index is 0.0787. The van der Waals surface area contributed by atoms with Gasteiger partial charge in [-0.3, -0.25) is 14.7 Å². The van der Waals surface area contributed by atoms with Crippen LogP contribution in [0.3, 0.4) is 0 Å². The first-order valence-electron chi connectivity index (χ1n) is 12.6. The van der Waals surface area contributed by atoms with Crippen molar-refractivity contribution in [2.75, 3.05) is 26.2 Å². The van der Waals surface area contributed by atoms with E-state index in [4.69, 9.17) is 8.83 Å². The zero-order chi connectivity index (χ0) is 27.9. The molecule has 1 amide bonds. The summed E-state index contributed by atoms with van der Waals surface area (Å²) < 4.78 is 50.7. The number of oxazole rings is 1. The zero-order valence-electron chi connectivity index (χ0n) is 21.3. The van der Waals surface area contributed by atoms with Gasteiger partial charge in [-0.25, -0.2) is 4.98 Å². The molecule has 4 heterocycles. The predicted octanol–water partition coefficient (Wildman–Crippen LogP) is 5.15. The van der Waals surface area contributed by atoms with E-state index in [0.717, 1.165) is 17.7 Å². The van der Waals surface area contributed by atoms with E-state index in [1.54, 1.807) is 17.9 Å². The predicted molar refractivity (Wildman–Crippen MR) is 137 cm³/mol. The van der Waals surface area contributed by atoms with Crippen LogP contribution in [0.2, 0.25) is 0 Å². The van der Waals surface area contributed by atoms with Crippen molar-refractivity contribution in [2.45, 2.75) is 19.1 Å². The molecule has 9 nitrogen and oxygen atoms in total. The van der Waals surface area contributed by atoms with E-state index in [1.165, 1.54) is 18.3 Å². The van der Waals surface area contributed by atoms with Crippen LogP contribution in [0.15, 0.2) is 75.7 Å². The molecule has 204 valence electrons. The quantitative estimate of drug-likeness (QED) is 0.297. The topological polar surface area (TPSA) is 101 Å². The second-order valence-electron chi connectivity index (χ2n) is 9.43. The molecule has 1 fully saturated rings. The molecule has 40 heavy (non-hydrogen) atoms. The first-order valence-corrected chi connectivity index (χ1v) is 12.6. The maximum absolute atomic E-state index is 13.4. The molecule has 1 atom stereocenters. The number of piperazine rings is 1. The molecule has 0 unspecified atom stereocenters. The molecule has 0 saturated carbocycles. The molecular weight excluding hydrogens is 525 g/mol. The Kier molecular flexibility index (Phi) is 6.54. The van der Waals surface area contributed by atoms with Gasteiger partial charge in [0.05, 0.1) is 5.56 Å². The molecule has 6 rings (SSSR count). The van der Waals surface area contributed by atoms with Gasteiger partial charge in [0.1, 0.15) is 17.3 Å². The van der Waals surface area contributed by atoms with Gasteiger partial charge < -0.3 is 13.7 Å². The molecule has 1 aliphatic heterocycles. The minimum Gasteiger partial charge on any atom is -0.436 e. The van der Waals surface area contributed by atoms with Crippen molar-refractivity contribution in [3.63, 3.8) is 0 Å². The van der Waals surface area contributed by atoms with E-state index in [2.05, 4.69) is 25.1 Å². The maximum atomic E-state index is 13.4. The monoisotopic (exact) mass is 548 g/mol. The highest BCUT2D eigenvalue weighted by Crippen LogP contribution is 2.33. The molecule has 12 heteroatoms. The summed E-state index contributed by atoms with van der Waals surface area (Å²) in [6.07, 6.45) is -3.03. The van der Waals surface area contributed by atoms with Crippen LogP contribution < -0.4 is 0 Å². The Morgan fingerprint density at radius 3 is 2.42 bits per heavy atom. The zero-order valence-corrected chi connectivity index (χ0v) is 21.3. The molecule has 0 radical (unpaired) electrons. The van der Waals surface area contributed by atoms with Crippen molar-refractivity contribution in [3.8, 4) is 11.5 Å². The van der Waals surface area contributed by atoms with Crippen molar-refractivity contribution in [1.82, 2.24) is 30.0 Å². The van der Waals surface area contributed by atoms with Crippen molar-refractivity contribution < 1.29 is 26.8 Å². The van der Waals surface area contributed by atoms with Crippen LogP contribution in [0.4, 0.5) is 13.2 Å². The van der Waals surface area contributed by atoms with Gasteiger partial charge in [0, 0.05) is 44.9 Å². The van der Waals surface area contributed by atoms with Gasteiger partial charge in [-0.05, 0) is 35.9 Å². The summed E-state index contributed by atoms with van der Waals surface area (Å²) in [6, 6.07) is 15.9. The Morgan fingerprint density at radius 2 is 1.73 bits per heavy atom. The minimum atomic E-state index is -4.49. The van der Waals surface area contributed by atoms with E-state index < -0.39 is 11.7 Å². The number of alkyl halides is 3. The summed E-state index contributed by atoms with van der Waals surface area (Å²) in [5, 5.41) is 8.24. The molecule has 1 aliphatic rings. The normalized spacial score (nSPS) is 15.4. The van der Waals surface area contributed by atoms with Crippen LogP contribution in [0.5, 0.6) is 0 Å². The van der Waals surface area contributed by atoms with Crippen LogP contribution >= 0.6 is 0 Å². The number of fused-ring (bicyclic) bond motifs is 1. The average molecular weight is 549 g/mol. The Morgan fingerprint density at radius 1 is 0.950 bits per heavy atom. The van der Waals surface area contributed by atoms with Crippen LogP contribution in [0, 0.1) is 6.92 Å². The molecule has 1 saturated heterocycles. The molecule has 0 aliphatic carbocycles. The number of carbonyl (C=O) groups excluding carboxylic acids is 1. The molecule has 2 aromatic carbocycles. The standard InChI is InChI=1S/C28H23F3N6O3/c1-17-34-35-26(39-17)24(18-5-3-2-4-6-18)36-11-13-37(14-12-36)27(38)22-15-19(9-10-32-22)25-33-21-16-20(28(29,30)31)7-8-23(21)40-25/h2-10,15-16,24H,11-14H2,1H3/t24-/m1/s1. The Labute approximate surface area is 226 Å². The molecule has 5 aromatic rings. The van der Waals surface area contributed by atoms with Crippen LogP contribution in [0.25, 0.3) is 22.6 Å². The van der Waals surface area contributed by atoms with Gasteiger partial charge in [-0.2, -0.15) is 13.2 Å². The lowest BCUT2D eigenvalue weighted by molar-refractivity contribution is -0.137. The van der Waals surface area contributed by atoms with E-state index in [9.17, 15) is 18.0 Å². The molecular formula is C28H23F3N6O3. The molecule has 0 N–H and O–H groups in total. The Hall–Kier alpha value is -4.58. The number of rotatable bonds is 5. The summed E-state index contributed by atoms with van der Waals surface area (Å²) in [7, 11) is 0. The number of amides is 1. The Balaban J connectivity index is 1.19. The van der Waals surface area contributed by atoms with Crippen LogP contribution in [-0.4, -0.2) is 62.1 Å². The number of hydrogen-bond donors (Lipinski definition) is 0. The van der Waals surface area contributed by atoms with Gasteiger partial charge in [-0.15, -0.1) is 10.2 Å². The number of benzene rings is 2. The summed E-state index contributed by atoms with van der Waals surface area (Å²) in [5.74, 6) is 0.826. The number of aryl methyl sites for hydroxylation is 1. The second kappa shape index (κ2) is 10.2. The smallest absolute Gasteiger partial charge is 0.416 e. The summed E-state index contributed by atoms with van der Waals surface area (Å²) in [6.45, 7) is 3.78. The Bertz CT molecular complexity index is 1660. The van der Waals surface area contributed by atoms with Crippen LogP contribution in [-0.2, 0) is 6.18 Å². The highest BCUT2D eigenvalue weighted by Gasteiger charge is 2.33. The number of halogens is 3. The second-order valence-corrected chi connectivity index (χ2v) is 9.43. The third-order valence-corrected chi connectivity index (χ3v) is 6.80. The lowest BCUT2D eigenvalue weighted by atomic mass is 10.0. The fourth-order valence-electron chi connectivity index (χ4n) is 4.82. The molecule has 0 bridgehead atoms. The van der Waals surface area contributed by atoms with E-state index in [0.29, 0.717) is 43.5 Å². The van der Waals surface area contributed by atoms with Crippen molar-refractivity contribution in [3.05, 3.63) is 95.5 Å². The number of carbonyl (C=O) groups is 1. The lowest BCUT2D eigenvalue weighted by Gasteiger charge is -2.38. The van der Waals surface area contributed by atoms with E-state index >= 15 is 0 Å². The van der Waals surface area contributed by atoms with Gasteiger partial charge in [0.15, 0.2) is 5.58 Å².